The van der Waals surface area contributed by atoms with E-state index in [-0.39, 0.29) is 12.1 Å². The van der Waals surface area contributed by atoms with Crippen molar-refractivity contribution in [3.05, 3.63) is 48.2 Å². The van der Waals surface area contributed by atoms with Gasteiger partial charge in [0, 0.05) is 30.9 Å². The predicted molar refractivity (Wildman–Crippen MR) is 96.2 cm³/mol. The van der Waals surface area contributed by atoms with Crippen LogP contribution in [0.2, 0.25) is 0 Å². The van der Waals surface area contributed by atoms with Crippen molar-refractivity contribution in [2.24, 2.45) is 0 Å². The number of likely N-dealkylation sites (tertiary alicyclic amines) is 1. The van der Waals surface area contributed by atoms with Gasteiger partial charge in [-0.3, -0.25) is 0 Å². The zero-order valence-electron chi connectivity index (χ0n) is 14.6. The highest BCUT2D eigenvalue weighted by molar-refractivity contribution is 5.89. The summed E-state index contributed by atoms with van der Waals surface area (Å²) in [5.41, 5.74) is 1.84. The van der Waals surface area contributed by atoms with Crippen LogP contribution in [0.25, 0.3) is 0 Å². The molecule has 1 aromatic heterocycles. The van der Waals surface area contributed by atoms with Crippen molar-refractivity contribution in [2.75, 3.05) is 25.0 Å². The monoisotopic (exact) mass is 341 g/mol. The first-order valence-electron chi connectivity index (χ1n) is 8.52. The fourth-order valence-electron chi connectivity index (χ4n) is 2.71. The van der Waals surface area contributed by atoms with Crippen LogP contribution < -0.4 is 14.8 Å². The maximum atomic E-state index is 12.4. The van der Waals surface area contributed by atoms with Gasteiger partial charge in [0.05, 0.1) is 13.2 Å². The Balaban J connectivity index is 1.50. The Morgan fingerprint density at radius 3 is 2.76 bits per heavy atom. The van der Waals surface area contributed by atoms with E-state index in [4.69, 9.17) is 9.47 Å². The molecule has 132 valence electrons. The van der Waals surface area contributed by atoms with Gasteiger partial charge in [0.25, 0.3) is 0 Å². The van der Waals surface area contributed by atoms with E-state index in [2.05, 4.69) is 10.3 Å². The summed E-state index contributed by atoms with van der Waals surface area (Å²) in [6.45, 7) is 5.77. The zero-order valence-corrected chi connectivity index (χ0v) is 14.6. The molecule has 1 saturated heterocycles. The maximum absolute atomic E-state index is 12.4. The van der Waals surface area contributed by atoms with E-state index in [1.165, 1.54) is 0 Å². The number of hydrogen-bond donors (Lipinski definition) is 1. The summed E-state index contributed by atoms with van der Waals surface area (Å²) in [5, 5.41) is 2.91. The number of carbonyl (C=O) groups is 1. The fraction of sp³-hybridized carbons (Fsp3) is 0.368. The summed E-state index contributed by atoms with van der Waals surface area (Å²) in [5.74, 6) is 1.39. The number of aryl methyl sites for hydroxylation is 1. The van der Waals surface area contributed by atoms with E-state index in [9.17, 15) is 4.79 Å². The number of nitrogens with one attached hydrogen (secondary N) is 1. The Hall–Kier alpha value is -2.76. The molecule has 1 unspecified atom stereocenters. The Bertz CT molecular complexity index is 701. The molecule has 1 aliphatic heterocycles. The number of nitrogens with zero attached hydrogens (tertiary/aromatic N) is 2. The molecule has 2 aromatic rings. The average Bonchev–Trinajstić information content (AvgIpc) is 3.08. The standard InChI is InChI=1S/C19H23N3O3/c1-3-24-16-7-5-15(6-8-16)21-19(23)22-11-10-17(13-22)25-18-9-4-14(2)12-20-18/h4-9,12,17H,3,10-11,13H2,1-2H3,(H,21,23). The van der Waals surface area contributed by atoms with Gasteiger partial charge in [-0.15, -0.1) is 0 Å². The number of urea groups is 1. The number of anilines is 1. The van der Waals surface area contributed by atoms with E-state index in [0.717, 1.165) is 23.4 Å². The van der Waals surface area contributed by atoms with Gasteiger partial charge >= 0.3 is 6.03 Å². The van der Waals surface area contributed by atoms with E-state index in [0.29, 0.717) is 25.6 Å². The highest BCUT2D eigenvalue weighted by atomic mass is 16.5. The number of aromatic nitrogens is 1. The van der Waals surface area contributed by atoms with Crippen LogP contribution in [-0.2, 0) is 0 Å². The minimum atomic E-state index is -0.118. The number of ether oxygens (including phenoxy) is 2. The van der Waals surface area contributed by atoms with Gasteiger partial charge < -0.3 is 19.7 Å². The fourth-order valence-corrected chi connectivity index (χ4v) is 2.71. The van der Waals surface area contributed by atoms with Crippen molar-refractivity contribution >= 4 is 11.7 Å². The summed E-state index contributed by atoms with van der Waals surface area (Å²) < 4.78 is 11.3. The van der Waals surface area contributed by atoms with Crippen LogP contribution in [0.3, 0.4) is 0 Å². The first-order valence-corrected chi connectivity index (χ1v) is 8.52. The molecule has 0 saturated carbocycles. The summed E-state index contributed by atoms with van der Waals surface area (Å²) in [6, 6.07) is 11.1. The number of rotatable bonds is 5. The molecule has 1 aliphatic rings. The highest BCUT2D eigenvalue weighted by Gasteiger charge is 2.28. The Labute approximate surface area is 147 Å². The van der Waals surface area contributed by atoms with Crippen molar-refractivity contribution in [3.8, 4) is 11.6 Å². The molecule has 25 heavy (non-hydrogen) atoms. The number of carbonyl (C=O) groups excluding carboxylic acids is 1. The normalized spacial score (nSPS) is 16.6. The van der Waals surface area contributed by atoms with E-state index < -0.39 is 0 Å². The SMILES string of the molecule is CCOc1ccc(NC(=O)N2CCC(Oc3ccc(C)cn3)C2)cc1. The number of pyridine rings is 1. The van der Waals surface area contributed by atoms with E-state index >= 15 is 0 Å². The smallest absolute Gasteiger partial charge is 0.321 e. The van der Waals surface area contributed by atoms with Crippen molar-refractivity contribution < 1.29 is 14.3 Å². The third kappa shape index (κ3) is 4.62. The molecule has 6 heteroatoms. The molecule has 2 amide bonds. The lowest BCUT2D eigenvalue weighted by Crippen LogP contribution is -2.34. The molecule has 1 fully saturated rings. The molecular formula is C19H23N3O3. The van der Waals surface area contributed by atoms with Crippen LogP contribution >= 0.6 is 0 Å². The molecule has 0 bridgehead atoms. The van der Waals surface area contributed by atoms with Crippen LogP contribution in [0.5, 0.6) is 11.6 Å². The van der Waals surface area contributed by atoms with E-state index in [1.807, 2.05) is 50.2 Å². The van der Waals surface area contributed by atoms with Gasteiger partial charge in [0.1, 0.15) is 11.9 Å². The maximum Gasteiger partial charge on any atom is 0.321 e. The molecular weight excluding hydrogens is 318 g/mol. The minimum Gasteiger partial charge on any atom is -0.494 e. The largest absolute Gasteiger partial charge is 0.494 e. The Morgan fingerprint density at radius 1 is 1.28 bits per heavy atom. The minimum absolute atomic E-state index is 0.0266. The molecule has 1 N–H and O–H groups in total. The van der Waals surface area contributed by atoms with Gasteiger partial charge in [-0.1, -0.05) is 6.07 Å². The second-order valence-electron chi connectivity index (χ2n) is 6.04. The second-order valence-corrected chi connectivity index (χ2v) is 6.04. The molecule has 1 atom stereocenters. The van der Waals surface area contributed by atoms with Crippen LogP contribution in [0.4, 0.5) is 10.5 Å². The van der Waals surface area contributed by atoms with Gasteiger partial charge in [-0.05, 0) is 43.7 Å². The number of benzene rings is 1. The van der Waals surface area contributed by atoms with Crippen molar-refractivity contribution in [1.82, 2.24) is 9.88 Å². The molecule has 0 aliphatic carbocycles. The lowest BCUT2D eigenvalue weighted by molar-refractivity contribution is 0.190. The topological polar surface area (TPSA) is 63.7 Å². The predicted octanol–water partition coefficient (Wildman–Crippen LogP) is 3.47. The van der Waals surface area contributed by atoms with Gasteiger partial charge in [0.15, 0.2) is 0 Å². The molecule has 6 nitrogen and oxygen atoms in total. The van der Waals surface area contributed by atoms with Gasteiger partial charge in [-0.2, -0.15) is 0 Å². The van der Waals surface area contributed by atoms with Crippen LogP contribution in [0.1, 0.15) is 18.9 Å². The lowest BCUT2D eigenvalue weighted by Gasteiger charge is -2.18. The number of hydrogen-bond acceptors (Lipinski definition) is 4. The van der Waals surface area contributed by atoms with Crippen molar-refractivity contribution in [3.63, 3.8) is 0 Å². The third-order valence-corrected chi connectivity index (χ3v) is 4.02. The number of amides is 2. The van der Waals surface area contributed by atoms with Crippen molar-refractivity contribution in [1.29, 1.82) is 0 Å². The van der Waals surface area contributed by atoms with Crippen molar-refractivity contribution in [2.45, 2.75) is 26.4 Å². The first-order chi connectivity index (χ1) is 12.1. The average molecular weight is 341 g/mol. The first kappa shape index (κ1) is 17.1. The molecule has 1 aromatic carbocycles. The Kier molecular flexibility index (Phi) is 5.38. The lowest BCUT2D eigenvalue weighted by atomic mass is 10.3. The molecule has 0 spiro atoms. The van der Waals surface area contributed by atoms with Gasteiger partial charge in [0.2, 0.25) is 5.88 Å². The summed E-state index contributed by atoms with van der Waals surface area (Å²) in [4.78, 5) is 18.4. The summed E-state index contributed by atoms with van der Waals surface area (Å²) in [6.07, 6.45) is 2.55. The van der Waals surface area contributed by atoms with E-state index in [1.54, 1.807) is 11.1 Å². The van der Waals surface area contributed by atoms with Crippen LogP contribution in [0.15, 0.2) is 42.6 Å². The molecule has 3 rings (SSSR count). The summed E-state index contributed by atoms with van der Waals surface area (Å²) in [7, 11) is 0. The third-order valence-electron chi connectivity index (χ3n) is 4.02. The second kappa shape index (κ2) is 7.88. The molecule has 2 heterocycles. The Morgan fingerprint density at radius 2 is 2.08 bits per heavy atom. The highest BCUT2D eigenvalue weighted by Crippen LogP contribution is 2.19. The van der Waals surface area contributed by atoms with Gasteiger partial charge in [-0.25, -0.2) is 9.78 Å². The quantitative estimate of drug-likeness (QED) is 0.904. The zero-order chi connectivity index (χ0) is 17.6. The molecule has 0 radical (unpaired) electrons. The van der Waals surface area contributed by atoms with Crippen LogP contribution in [0, 0.1) is 6.92 Å². The van der Waals surface area contributed by atoms with Crippen LogP contribution in [-0.4, -0.2) is 41.7 Å². The summed E-state index contributed by atoms with van der Waals surface area (Å²) >= 11 is 0.